The molecule has 6 nitrogen and oxygen atoms in total. The predicted molar refractivity (Wildman–Crippen MR) is 80.4 cm³/mol. The van der Waals surface area contributed by atoms with E-state index in [1.807, 2.05) is 13.0 Å². The fourth-order valence-corrected chi connectivity index (χ4v) is 3.39. The Morgan fingerprint density at radius 3 is 2.70 bits per heavy atom. The van der Waals surface area contributed by atoms with E-state index in [0.717, 1.165) is 25.2 Å². The lowest BCUT2D eigenvalue weighted by Gasteiger charge is -2.26. The highest BCUT2D eigenvalue weighted by Gasteiger charge is 2.17. The smallest absolute Gasteiger partial charge is 0.292 e. The number of nitrogens with zero attached hydrogens (tertiary/aromatic N) is 2. The van der Waals surface area contributed by atoms with Crippen LogP contribution >= 0.6 is 0 Å². The molecule has 0 amide bonds. The Morgan fingerprint density at radius 1 is 1.40 bits per heavy atom. The molecule has 1 fully saturated rings. The van der Waals surface area contributed by atoms with Crippen molar-refractivity contribution < 1.29 is 9.13 Å². The highest BCUT2D eigenvalue weighted by atomic mass is 32.2. The predicted octanol–water partition coefficient (Wildman–Crippen LogP) is 1.59. The minimum absolute atomic E-state index is 0.107. The van der Waals surface area contributed by atoms with Gasteiger partial charge in [0.2, 0.25) is 0 Å². The zero-order chi connectivity index (χ0) is 14.5. The molecule has 0 radical (unpaired) electrons. The summed E-state index contributed by atoms with van der Waals surface area (Å²) in [5.74, 6) is 1.43. The molecule has 1 aliphatic heterocycles. The maximum absolute atomic E-state index is 11.3. The molecule has 20 heavy (non-hydrogen) atoms. The second-order valence-corrected chi connectivity index (χ2v) is 6.46. The van der Waals surface area contributed by atoms with Crippen LogP contribution in [0, 0.1) is 10.1 Å². The van der Waals surface area contributed by atoms with Crippen molar-refractivity contribution in [3.05, 3.63) is 33.9 Å². The van der Waals surface area contributed by atoms with Gasteiger partial charge in [0.1, 0.15) is 5.69 Å². The van der Waals surface area contributed by atoms with Crippen molar-refractivity contribution in [2.24, 2.45) is 0 Å². The molecule has 1 aromatic carbocycles. The monoisotopic (exact) mass is 297 g/mol. The summed E-state index contributed by atoms with van der Waals surface area (Å²) in [5.41, 5.74) is 1.71. The van der Waals surface area contributed by atoms with Gasteiger partial charge in [-0.1, -0.05) is 6.07 Å². The van der Waals surface area contributed by atoms with Crippen LogP contribution < -0.4 is 5.32 Å². The highest BCUT2D eigenvalue weighted by molar-refractivity contribution is 7.85. The van der Waals surface area contributed by atoms with Gasteiger partial charge in [0.05, 0.1) is 4.92 Å². The quantitative estimate of drug-likeness (QED) is 0.660. The Hall–Kier alpha value is -1.47. The van der Waals surface area contributed by atoms with Crippen molar-refractivity contribution in [1.29, 1.82) is 0 Å². The summed E-state index contributed by atoms with van der Waals surface area (Å²) in [6, 6.07) is 5.19. The first kappa shape index (κ1) is 14.9. The van der Waals surface area contributed by atoms with E-state index in [4.69, 9.17) is 0 Å². The zero-order valence-corrected chi connectivity index (χ0v) is 12.3. The number of hydrogen-bond donors (Lipinski definition) is 1. The van der Waals surface area contributed by atoms with Crippen LogP contribution in [-0.4, -0.2) is 45.2 Å². The fraction of sp³-hybridized carbons (Fsp3) is 0.538. The van der Waals surface area contributed by atoms with E-state index in [-0.39, 0.29) is 10.6 Å². The van der Waals surface area contributed by atoms with Crippen LogP contribution in [0.5, 0.6) is 0 Å². The zero-order valence-electron chi connectivity index (χ0n) is 11.5. The Morgan fingerprint density at radius 2 is 2.10 bits per heavy atom. The van der Waals surface area contributed by atoms with Gasteiger partial charge in [0, 0.05) is 54.6 Å². The first-order valence-electron chi connectivity index (χ1n) is 6.68. The molecule has 2 rings (SSSR count). The van der Waals surface area contributed by atoms with Crippen LogP contribution in [0.3, 0.4) is 0 Å². The van der Waals surface area contributed by atoms with Crippen LogP contribution in [0.15, 0.2) is 18.2 Å². The molecule has 1 aliphatic rings. The molecule has 0 aliphatic carbocycles. The molecule has 0 unspecified atom stereocenters. The first-order valence-corrected chi connectivity index (χ1v) is 8.17. The number of nitro benzene ring substituents is 1. The third-order valence-electron chi connectivity index (χ3n) is 3.30. The summed E-state index contributed by atoms with van der Waals surface area (Å²) in [6.45, 7) is 4.94. The maximum Gasteiger partial charge on any atom is 0.292 e. The van der Waals surface area contributed by atoms with Crippen molar-refractivity contribution in [3.63, 3.8) is 0 Å². The number of hydrogen-bond acceptors (Lipinski definition) is 5. The number of benzene rings is 1. The average Bonchev–Trinajstić information content (AvgIpc) is 2.42. The van der Waals surface area contributed by atoms with E-state index in [9.17, 15) is 14.3 Å². The SMILES string of the molecule is CCNc1cc(CN2CCS(=O)CC2)ccc1[N+](=O)[O-]. The van der Waals surface area contributed by atoms with E-state index in [0.29, 0.717) is 23.7 Å². The molecule has 7 heteroatoms. The van der Waals surface area contributed by atoms with Gasteiger partial charge in [-0.2, -0.15) is 0 Å². The summed E-state index contributed by atoms with van der Waals surface area (Å²) < 4.78 is 11.3. The molecular weight excluding hydrogens is 278 g/mol. The van der Waals surface area contributed by atoms with Gasteiger partial charge >= 0.3 is 0 Å². The molecule has 0 atom stereocenters. The second kappa shape index (κ2) is 6.81. The Labute approximate surface area is 120 Å². The van der Waals surface area contributed by atoms with Crippen molar-refractivity contribution in [2.45, 2.75) is 13.5 Å². The van der Waals surface area contributed by atoms with Gasteiger partial charge in [0.25, 0.3) is 5.69 Å². The number of nitrogens with one attached hydrogen (secondary N) is 1. The summed E-state index contributed by atoms with van der Waals surface area (Å²) in [5, 5.41) is 14.0. The molecule has 0 bridgehead atoms. The van der Waals surface area contributed by atoms with Gasteiger partial charge in [-0.25, -0.2) is 0 Å². The molecular formula is C13H19N3O3S. The molecule has 1 aromatic rings. The van der Waals surface area contributed by atoms with Crippen LogP contribution in [0.1, 0.15) is 12.5 Å². The van der Waals surface area contributed by atoms with Crippen LogP contribution in [-0.2, 0) is 17.3 Å². The number of anilines is 1. The minimum atomic E-state index is -0.679. The number of nitro groups is 1. The first-order chi connectivity index (χ1) is 9.60. The van der Waals surface area contributed by atoms with E-state index in [1.165, 1.54) is 0 Å². The van der Waals surface area contributed by atoms with E-state index in [1.54, 1.807) is 12.1 Å². The summed E-state index contributed by atoms with van der Waals surface area (Å²) >= 11 is 0. The minimum Gasteiger partial charge on any atom is -0.380 e. The fourth-order valence-electron chi connectivity index (χ4n) is 2.26. The van der Waals surface area contributed by atoms with Crippen LogP contribution in [0.4, 0.5) is 11.4 Å². The molecule has 0 spiro atoms. The maximum atomic E-state index is 11.3. The molecule has 0 saturated carbocycles. The normalized spacial score (nSPS) is 17.1. The summed E-state index contributed by atoms with van der Waals surface area (Å²) in [7, 11) is -0.679. The van der Waals surface area contributed by atoms with Gasteiger partial charge < -0.3 is 5.32 Å². The highest BCUT2D eigenvalue weighted by Crippen LogP contribution is 2.26. The van der Waals surface area contributed by atoms with Crippen molar-refractivity contribution in [2.75, 3.05) is 36.5 Å². The standard InChI is InChI=1S/C13H19N3O3S/c1-2-14-12-9-11(3-4-13(12)16(17)18)10-15-5-7-20(19)8-6-15/h3-4,9,14H,2,5-8,10H2,1H3. The Balaban J connectivity index is 2.10. The second-order valence-electron chi connectivity index (χ2n) is 4.76. The van der Waals surface area contributed by atoms with E-state index in [2.05, 4.69) is 10.2 Å². The average molecular weight is 297 g/mol. The molecule has 0 aromatic heterocycles. The van der Waals surface area contributed by atoms with Gasteiger partial charge in [-0.3, -0.25) is 19.2 Å². The van der Waals surface area contributed by atoms with E-state index >= 15 is 0 Å². The van der Waals surface area contributed by atoms with Crippen LogP contribution in [0.2, 0.25) is 0 Å². The van der Waals surface area contributed by atoms with Gasteiger partial charge in [0.15, 0.2) is 0 Å². The Kier molecular flexibility index (Phi) is 5.08. The van der Waals surface area contributed by atoms with Gasteiger partial charge in [-0.15, -0.1) is 0 Å². The lowest BCUT2D eigenvalue weighted by Crippen LogP contribution is -2.37. The molecule has 1 N–H and O–H groups in total. The largest absolute Gasteiger partial charge is 0.380 e. The molecule has 1 saturated heterocycles. The summed E-state index contributed by atoms with van der Waals surface area (Å²) in [4.78, 5) is 12.8. The van der Waals surface area contributed by atoms with Crippen molar-refractivity contribution in [1.82, 2.24) is 4.90 Å². The van der Waals surface area contributed by atoms with Crippen LogP contribution in [0.25, 0.3) is 0 Å². The van der Waals surface area contributed by atoms with Gasteiger partial charge in [-0.05, 0) is 18.6 Å². The third-order valence-corrected chi connectivity index (χ3v) is 4.58. The van der Waals surface area contributed by atoms with Crippen molar-refractivity contribution in [3.8, 4) is 0 Å². The van der Waals surface area contributed by atoms with E-state index < -0.39 is 10.8 Å². The summed E-state index contributed by atoms with van der Waals surface area (Å²) in [6.07, 6.45) is 0. The lowest BCUT2D eigenvalue weighted by atomic mass is 10.1. The topological polar surface area (TPSA) is 75.5 Å². The third kappa shape index (κ3) is 3.77. The lowest BCUT2D eigenvalue weighted by molar-refractivity contribution is -0.384. The number of rotatable bonds is 5. The molecule has 1 heterocycles. The Bertz CT molecular complexity index is 512. The molecule has 110 valence electrons. The van der Waals surface area contributed by atoms with Crippen molar-refractivity contribution >= 4 is 22.2 Å².